The Morgan fingerprint density at radius 2 is 1.60 bits per heavy atom. The molecule has 0 aromatic heterocycles. The van der Waals surface area contributed by atoms with E-state index in [1.165, 1.54) is 32.6 Å². The third kappa shape index (κ3) is 4.27. The maximum absolute atomic E-state index is 12.4. The highest BCUT2D eigenvalue weighted by Crippen LogP contribution is 2.26. The van der Waals surface area contributed by atoms with Gasteiger partial charge in [-0.3, -0.25) is 14.4 Å². The summed E-state index contributed by atoms with van der Waals surface area (Å²) in [7, 11) is 0. The van der Waals surface area contributed by atoms with Crippen LogP contribution in [0.25, 0.3) is 0 Å². The van der Waals surface area contributed by atoms with Crippen molar-refractivity contribution in [2.45, 2.75) is 64.0 Å². The number of carbonyl (C=O) groups is 3. The highest BCUT2D eigenvalue weighted by atomic mass is 16.2. The van der Waals surface area contributed by atoms with Crippen LogP contribution in [0.2, 0.25) is 0 Å². The summed E-state index contributed by atoms with van der Waals surface area (Å²) in [5.41, 5.74) is 1.11. The van der Waals surface area contributed by atoms with E-state index in [2.05, 4.69) is 5.32 Å². The molecule has 1 atom stereocenters. The monoisotopic (exact) mass is 342 g/mol. The highest BCUT2D eigenvalue weighted by molar-refractivity contribution is 5.98. The molecule has 2 amide bonds. The van der Waals surface area contributed by atoms with Gasteiger partial charge in [0.25, 0.3) is 5.91 Å². The first kappa shape index (κ1) is 17.6. The molecule has 1 aromatic rings. The lowest BCUT2D eigenvalue weighted by Crippen LogP contribution is -2.40. The Bertz CT molecular complexity index is 645. The van der Waals surface area contributed by atoms with E-state index in [0.29, 0.717) is 30.1 Å². The molecular formula is C20H26N2O3. The van der Waals surface area contributed by atoms with Crippen molar-refractivity contribution in [2.24, 2.45) is 0 Å². The lowest BCUT2D eigenvalue weighted by molar-refractivity contribution is -0.129. The molecular weight excluding hydrogens is 316 g/mol. The van der Waals surface area contributed by atoms with Gasteiger partial charge in [0.05, 0.1) is 6.04 Å². The Labute approximate surface area is 148 Å². The summed E-state index contributed by atoms with van der Waals surface area (Å²) in [6, 6.07) is 6.85. The summed E-state index contributed by atoms with van der Waals surface area (Å²) >= 11 is 0. The lowest BCUT2D eigenvalue weighted by atomic mass is 10.1. The number of amides is 2. The Balaban J connectivity index is 1.58. The van der Waals surface area contributed by atoms with E-state index in [4.69, 9.17) is 0 Å². The predicted octanol–water partition coefficient (Wildman–Crippen LogP) is 2.94. The van der Waals surface area contributed by atoms with Gasteiger partial charge in [0, 0.05) is 30.1 Å². The number of carbonyl (C=O) groups excluding carboxylic acids is 3. The zero-order valence-electron chi connectivity index (χ0n) is 14.8. The van der Waals surface area contributed by atoms with Gasteiger partial charge in [-0.25, -0.2) is 0 Å². The summed E-state index contributed by atoms with van der Waals surface area (Å²) in [6.07, 6.45) is 7.44. The number of ketones is 1. The van der Waals surface area contributed by atoms with Crippen molar-refractivity contribution in [2.75, 3.05) is 6.54 Å². The molecule has 5 nitrogen and oxygen atoms in total. The second-order valence-corrected chi connectivity index (χ2v) is 7.20. The molecule has 1 heterocycles. The van der Waals surface area contributed by atoms with E-state index >= 15 is 0 Å². The van der Waals surface area contributed by atoms with Crippen LogP contribution < -0.4 is 5.32 Å². The number of hydrogen-bond donors (Lipinski definition) is 1. The molecule has 1 saturated heterocycles. The Kier molecular flexibility index (Phi) is 5.51. The fraction of sp³-hybridized carbons (Fsp3) is 0.550. The summed E-state index contributed by atoms with van der Waals surface area (Å²) in [5.74, 6) is -0.0489. The zero-order valence-corrected chi connectivity index (χ0v) is 14.8. The molecule has 0 radical (unpaired) electrons. The number of hydrogen-bond acceptors (Lipinski definition) is 3. The summed E-state index contributed by atoms with van der Waals surface area (Å²) < 4.78 is 0. The number of benzene rings is 1. The molecule has 2 fully saturated rings. The Morgan fingerprint density at radius 3 is 2.20 bits per heavy atom. The van der Waals surface area contributed by atoms with E-state index in [1.54, 1.807) is 24.3 Å². The lowest BCUT2D eigenvalue weighted by Gasteiger charge is -2.27. The third-order valence-electron chi connectivity index (χ3n) is 5.31. The molecule has 25 heavy (non-hydrogen) atoms. The van der Waals surface area contributed by atoms with Gasteiger partial charge in [0.1, 0.15) is 0 Å². The van der Waals surface area contributed by atoms with Crippen molar-refractivity contribution >= 4 is 17.6 Å². The second-order valence-electron chi connectivity index (χ2n) is 7.20. The average molecular weight is 342 g/mol. The first-order chi connectivity index (χ1) is 12.0. The molecule has 3 rings (SSSR count). The minimum Gasteiger partial charge on any atom is -0.347 e. The van der Waals surface area contributed by atoms with Crippen LogP contribution in [0.5, 0.6) is 0 Å². The Hall–Kier alpha value is -2.17. The van der Waals surface area contributed by atoms with Gasteiger partial charge in [0.15, 0.2) is 5.78 Å². The fourth-order valence-electron chi connectivity index (χ4n) is 3.88. The smallest absolute Gasteiger partial charge is 0.251 e. The average Bonchev–Trinajstić information content (AvgIpc) is 2.80. The molecule has 0 bridgehead atoms. The van der Waals surface area contributed by atoms with E-state index < -0.39 is 0 Å². The maximum atomic E-state index is 12.4. The van der Waals surface area contributed by atoms with Crippen LogP contribution in [0.1, 0.15) is 72.6 Å². The summed E-state index contributed by atoms with van der Waals surface area (Å²) in [4.78, 5) is 38.1. The van der Waals surface area contributed by atoms with Crippen LogP contribution >= 0.6 is 0 Å². The standard InChI is InChI=1S/C20H26N2O3/c1-14(23)15-8-10-16(11-9-15)20(25)21-17-12-19(24)22(13-17)18-6-4-2-3-5-7-18/h8-11,17-18H,2-7,12-13H2,1H3,(H,21,25). The largest absolute Gasteiger partial charge is 0.347 e. The van der Waals surface area contributed by atoms with Crippen LogP contribution in [-0.2, 0) is 4.79 Å². The van der Waals surface area contributed by atoms with Gasteiger partial charge in [-0.2, -0.15) is 0 Å². The predicted molar refractivity (Wildman–Crippen MR) is 95.5 cm³/mol. The third-order valence-corrected chi connectivity index (χ3v) is 5.31. The normalized spacial score (nSPS) is 21.9. The molecule has 1 N–H and O–H groups in total. The molecule has 134 valence electrons. The first-order valence-electron chi connectivity index (χ1n) is 9.26. The summed E-state index contributed by atoms with van der Waals surface area (Å²) in [5, 5.41) is 2.97. The van der Waals surface area contributed by atoms with Gasteiger partial charge in [-0.05, 0) is 31.9 Å². The van der Waals surface area contributed by atoms with Crippen molar-refractivity contribution in [3.8, 4) is 0 Å². The molecule has 1 saturated carbocycles. The van der Waals surface area contributed by atoms with Gasteiger partial charge >= 0.3 is 0 Å². The summed E-state index contributed by atoms with van der Waals surface area (Å²) in [6.45, 7) is 2.11. The van der Waals surface area contributed by atoms with Crippen molar-refractivity contribution in [1.82, 2.24) is 10.2 Å². The van der Waals surface area contributed by atoms with Crippen molar-refractivity contribution < 1.29 is 14.4 Å². The maximum Gasteiger partial charge on any atom is 0.251 e. The van der Waals surface area contributed by atoms with Crippen LogP contribution in [0, 0.1) is 0 Å². The Morgan fingerprint density at radius 1 is 1.00 bits per heavy atom. The number of Topliss-reactive ketones (excluding diaryl/α,β-unsaturated/α-hetero) is 1. The number of rotatable bonds is 4. The van der Waals surface area contributed by atoms with Crippen LogP contribution in [0.3, 0.4) is 0 Å². The molecule has 1 aliphatic heterocycles. The van der Waals surface area contributed by atoms with E-state index in [9.17, 15) is 14.4 Å². The van der Waals surface area contributed by atoms with Crippen molar-refractivity contribution in [3.63, 3.8) is 0 Å². The number of nitrogens with one attached hydrogen (secondary N) is 1. The fourth-order valence-corrected chi connectivity index (χ4v) is 3.88. The topological polar surface area (TPSA) is 66.5 Å². The first-order valence-corrected chi connectivity index (χ1v) is 9.26. The highest BCUT2D eigenvalue weighted by Gasteiger charge is 2.35. The minimum absolute atomic E-state index is 0.0209. The molecule has 2 aliphatic rings. The van der Waals surface area contributed by atoms with Crippen molar-refractivity contribution in [1.29, 1.82) is 0 Å². The zero-order chi connectivity index (χ0) is 17.8. The van der Waals surface area contributed by atoms with Crippen molar-refractivity contribution in [3.05, 3.63) is 35.4 Å². The van der Waals surface area contributed by atoms with Crippen LogP contribution in [0.4, 0.5) is 0 Å². The van der Waals surface area contributed by atoms with E-state index in [-0.39, 0.29) is 23.6 Å². The molecule has 1 unspecified atom stereocenters. The molecule has 0 spiro atoms. The van der Waals surface area contributed by atoms with Gasteiger partial charge < -0.3 is 10.2 Å². The molecule has 5 heteroatoms. The van der Waals surface area contributed by atoms with Crippen LogP contribution in [0.15, 0.2) is 24.3 Å². The van der Waals surface area contributed by atoms with Crippen LogP contribution in [-0.4, -0.2) is 41.1 Å². The number of nitrogens with zero attached hydrogens (tertiary/aromatic N) is 1. The SMILES string of the molecule is CC(=O)c1ccc(C(=O)NC2CC(=O)N(C3CCCCCC3)C2)cc1. The minimum atomic E-state index is -0.185. The molecule has 1 aliphatic carbocycles. The molecule has 1 aromatic carbocycles. The van der Waals surface area contributed by atoms with Gasteiger partial charge in [-0.15, -0.1) is 0 Å². The van der Waals surface area contributed by atoms with Gasteiger partial charge in [-0.1, -0.05) is 37.8 Å². The van der Waals surface area contributed by atoms with E-state index in [1.807, 2.05) is 4.90 Å². The van der Waals surface area contributed by atoms with Gasteiger partial charge in [0.2, 0.25) is 5.91 Å². The van der Waals surface area contributed by atoms with E-state index in [0.717, 1.165) is 12.8 Å². The number of likely N-dealkylation sites (tertiary alicyclic amines) is 1. The second kappa shape index (κ2) is 7.81. The quantitative estimate of drug-likeness (QED) is 0.676.